The van der Waals surface area contributed by atoms with Crippen LogP contribution in [0.2, 0.25) is 18.1 Å². The summed E-state index contributed by atoms with van der Waals surface area (Å²) >= 11 is 0. The van der Waals surface area contributed by atoms with E-state index >= 15 is 0 Å². The van der Waals surface area contributed by atoms with Crippen molar-refractivity contribution >= 4 is 32.2 Å². The lowest BCUT2D eigenvalue weighted by Gasteiger charge is -2.38. The van der Waals surface area contributed by atoms with Gasteiger partial charge in [0, 0.05) is 12.8 Å². The average molecular weight is 465 g/mol. The molecule has 11 nitrogen and oxygen atoms in total. The number of aliphatic hydroxyl groups excluding tert-OH is 2. The standard InChI is InChI=1S/C19H32O11Si/c1-19(2,3)31(4,5)30-12(6-10(20)8-13(15(22)23)16(24)25)7-11(21)9-14(17(26)27)18(28)29/h6,10-11,13-14,20-21H,7-9H2,1-5H3,(H,22,23)(H,24,25)(H,26,27)(H,28,29)/t10-,11-/m0/s1. The summed E-state index contributed by atoms with van der Waals surface area (Å²) in [6.45, 7) is 9.46. The van der Waals surface area contributed by atoms with Crippen LogP contribution >= 0.6 is 0 Å². The van der Waals surface area contributed by atoms with Crippen LogP contribution in [0.15, 0.2) is 11.8 Å². The van der Waals surface area contributed by atoms with Crippen LogP contribution in [-0.2, 0) is 23.6 Å². The maximum atomic E-state index is 11.1. The fourth-order valence-corrected chi connectivity index (χ4v) is 3.46. The summed E-state index contributed by atoms with van der Waals surface area (Å²) in [5, 5.41) is 56.1. The van der Waals surface area contributed by atoms with Crippen LogP contribution in [0.1, 0.15) is 40.0 Å². The lowest BCUT2D eigenvalue weighted by atomic mass is 9.98. The van der Waals surface area contributed by atoms with Gasteiger partial charge in [0.05, 0.1) is 18.0 Å². The molecule has 0 spiro atoms. The van der Waals surface area contributed by atoms with Gasteiger partial charge in [-0.1, -0.05) is 20.8 Å². The van der Waals surface area contributed by atoms with Crippen molar-refractivity contribution in [2.45, 2.75) is 70.4 Å². The number of carboxylic acids is 4. The van der Waals surface area contributed by atoms with Gasteiger partial charge in [-0.3, -0.25) is 19.2 Å². The highest BCUT2D eigenvalue weighted by atomic mass is 28.4. The SMILES string of the molecule is CC(C)(C)[Si](C)(C)OC(=C[C@H](O)CC(C(=O)O)C(=O)O)C[C@H](O)CC(C(=O)O)C(=O)O. The quantitative estimate of drug-likeness (QED) is 0.131. The molecule has 6 N–H and O–H groups in total. The Hall–Kier alpha value is -2.44. The smallest absolute Gasteiger partial charge is 0.317 e. The Kier molecular flexibility index (Phi) is 10.4. The van der Waals surface area contributed by atoms with Crippen molar-refractivity contribution in [1.82, 2.24) is 0 Å². The lowest BCUT2D eigenvalue weighted by Crippen LogP contribution is -2.41. The van der Waals surface area contributed by atoms with Crippen LogP contribution in [-0.4, -0.2) is 75.0 Å². The highest BCUT2D eigenvalue weighted by molar-refractivity contribution is 6.74. The molecule has 0 aromatic heterocycles. The molecule has 0 aliphatic heterocycles. The van der Waals surface area contributed by atoms with Crippen molar-refractivity contribution < 1.29 is 54.2 Å². The third-order valence-corrected chi connectivity index (χ3v) is 9.57. The Morgan fingerprint density at radius 1 is 0.839 bits per heavy atom. The molecule has 0 rings (SSSR count). The second-order valence-corrected chi connectivity index (χ2v) is 13.6. The molecule has 0 aliphatic carbocycles. The molecule has 0 fully saturated rings. The number of carboxylic acid groups (broad SMARTS) is 4. The van der Waals surface area contributed by atoms with Gasteiger partial charge in [-0.25, -0.2) is 0 Å². The van der Waals surface area contributed by atoms with E-state index in [9.17, 15) is 29.4 Å². The molecule has 0 saturated heterocycles. The van der Waals surface area contributed by atoms with Crippen LogP contribution in [0.3, 0.4) is 0 Å². The number of rotatable bonds is 13. The Bertz CT molecular complexity index is 680. The van der Waals surface area contributed by atoms with Crippen LogP contribution in [0.25, 0.3) is 0 Å². The van der Waals surface area contributed by atoms with Crippen LogP contribution in [0.5, 0.6) is 0 Å². The number of aliphatic carboxylic acids is 4. The van der Waals surface area contributed by atoms with Gasteiger partial charge < -0.3 is 35.1 Å². The predicted molar refractivity (Wildman–Crippen MR) is 110 cm³/mol. The molecule has 0 bridgehead atoms. The molecular weight excluding hydrogens is 432 g/mol. The van der Waals surface area contributed by atoms with Crippen molar-refractivity contribution in [3.8, 4) is 0 Å². The summed E-state index contributed by atoms with van der Waals surface area (Å²) in [7, 11) is -2.52. The molecule has 0 aromatic carbocycles. The van der Waals surface area contributed by atoms with E-state index in [4.69, 9.17) is 24.9 Å². The fourth-order valence-electron chi connectivity index (χ4n) is 2.35. The summed E-state index contributed by atoms with van der Waals surface area (Å²) in [4.78, 5) is 44.3. The molecule has 0 radical (unpaired) electrons. The zero-order chi connectivity index (χ0) is 24.7. The van der Waals surface area contributed by atoms with E-state index < -0.39 is 69.1 Å². The van der Waals surface area contributed by atoms with E-state index in [1.807, 2.05) is 33.9 Å². The zero-order valence-electron chi connectivity index (χ0n) is 18.2. The molecule has 0 aliphatic rings. The molecule has 178 valence electrons. The van der Waals surface area contributed by atoms with E-state index in [1.165, 1.54) is 0 Å². The molecule has 31 heavy (non-hydrogen) atoms. The largest absolute Gasteiger partial charge is 0.547 e. The van der Waals surface area contributed by atoms with Gasteiger partial charge in [0.2, 0.25) is 8.32 Å². The predicted octanol–water partition coefficient (Wildman–Crippen LogP) is 1.35. The summed E-state index contributed by atoms with van der Waals surface area (Å²) < 4.78 is 6.04. The minimum Gasteiger partial charge on any atom is -0.547 e. The first kappa shape index (κ1) is 28.6. The topological polar surface area (TPSA) is 199 Å². The monoisotopic (exact) mass is 464 g/mol. The van der Waals surface area contributed by atoms with Crippen LogP contribution in [0.4, 0.5) is 0 Å². The van der Waals surface area contributed by atoms with E-state index in [2.05, 4.69) is 0 Å². The van der Waals surface area contributed by atoms with Crippen molar-refractivity contribution in [3.05, 3.63) is 11.8 Å². The van der Waals surface area contributed by atoms with Crippen molar-refractivity contribution in [3.63, 3.8) is 0 Å². The first-order valence-corrected chi connectivity index (χ1v) is 12.5. The number of hydrogen-bond donors (Lipinski definition) is 6. The van der Waals surface area contributed by atoms with Crippen molar-refractivity contribution in [2.75, 3.05) is 0 Å². The fraction of sp³-hybridized carbons (Fsp3) is 0.684. The molecule has 0 heterocycles. The third-order valence-electron chi connectivity index (χ3n) is 5.18. The molecule has 0 unspecified atom stereocenters. The number of aliphatic hydroxyl groups is 2. The van der Waals surface area contributed by atoms with Crippen molar-refractivity contribution in [1.29, 1.82) is 0 Å². The molecule has 2 atom stereocenters. The van der Waals surface area contributed by atoms with Crippen LogP contribution < -0.4 is 0 Å². The number of carbonyl (C=O) groups is 4. The Labute approximate surface area is 181 Å². The van der Waals surface area contributed by atoms with Gasteiger partial charge in [-0.05, 0) is 30.6 Å². The third kappa shape index (κ3) is 9.49. The molecular formula is C19H32O11Si. The van der Waals surface area contributed by atoms with Gasteiger partial charge in [0.15, 0.2) is 11.8 Å². The first-order valence-electron chi connectivity index (χ1n) is 9.56. The molecule has 0 saturated carbocycles. The molecule has 0 amide bonds. The maximum absolute atomic E-state index is 11.1. The van der Waals surface area contributed by atoms with Gasteiger partial charge in [0.25, 0.3) is 0 Å². The lowest BCUT2D eigenvalue weighted by molar-refractivity contribution is -0.157. The van der Waals surface area contributed by atoms with E-state index in [1.54, 1.807) is 0 Å². The Morgan fingerprint density at radius 2 is 1.23 bits per heavy atom. The maximum Gasteiger partial charge on any atom is 0.317 e. The minimum absolute atomic E-state index is 0.00986. The normalized spacial score (nSPS) is 14.9. The summed E-state index contributed by atoms with van der Waals surface area (Å²) in [5.41, 5.74) is 0. The van der Waals surface area contributed by atoms with E-state index in [0.29, 0.717) is 0 Å². The molecule has 12 heteroatoms. The number of hydrogen-bond acceptors (Lipinski definition) is 7. The van der Waals surface area contributed by atoms with Crippen LogP contribution in [0, 0.1) is 11.8 Å². The summed E-state index contributed by atoms with van der Waals surface area (Å²) in [5.74, 6) is -10.2. The zero-order valence-corrected chi connectivity index (χ0v) is 19.2. The van der Waals surface area contributed by atoms with Gasteiger partial charge in [0.1, 0.15) is 0 Å². The average Bonchev–Trinajstić information content (AvgIpc) is 2.54. The van der Waals surface area contributed by atoms with Gasteiger partial charge in [-0.2, -0.15) is 0 Å². The van der Waals surface area contributed by atoms with E-state index in [-0.39, 0.29) is 17.2 Å². The second kappa shape index (κ2) is 11.3. The summed E-state index contributed by atoms with van der Waals surface area (Å²) in [6, 6.07) is 0. The first-order chi connectivity index (χ1) is 13.9. The second-order valence-electron chi connectivity index (χ2n) is 8.85. The Morgan fingerprint density at radius 3 is 1.58 bits per heavy atom. The van der Waals surface area contributed by atoms with Gasteiger partial charge in [-0.15, -0.1) is 0 Å². The van der Waals surface area contributed by atoms with E-state index in [0.717, 1.165) is 6.08 Å². The van der Waals surface area contributed by atoms with Gasteiger partial charge >= 0.3 is 23.9 Å². The summed E-state index contributed by atoms with van der Waals surface area (Å²) in [6.07, 6.45) is -3.52. The Balaban J connectivity index is 5.76. The highest BCUT2D eigenvalue weighted by Gasteiger charge is 2.40. The molecule has 0 aromatic rings. The highest BCUT2D eigenvalue weighted by Crippen LogP contribution is 2.38. The minimum atomic E-state index is -2.52. The van der Waals surface area contributed by atoms with Crippen molar-refractivity contribution in [2.24, 2.45) is 11.8 Å².